The number of benzene rings is 1. The lowest BCUT2D eigenvalue weighted by molar-refractivity contribution is 0.195. The summed E-state index contributed by atoms with van der Waals surface area (Å²) < 4.78 is 5.51. The fraction of sp³-hybridized carbons (Fsp3) is 0.385. The number of aliphatic hydroxyl groups is 1. The first-order valence-electron chi connectivity index (χ1n) is 5.12. The Bertz CT molecular complexity index is 329. The molecular formula is C13H18O2. The predicted molar refractivity (Wildman–Crippen MR) is 62.1 cm³/mol. The van der Waals surface area contributed by atoms with Gasteiger partial charge in [0.05, 0.1) is 6.10 Å². The number of hydrogen-bond acceptors (Lipinski definition) is 2. The lowest BCUT2D eigenvalue weighted by Crippen LogP contribution is -2.04. The molecule has 1 aromatic carbocycles. The molecule has 0 saturated carbocycles. The Morgan fingerprint density at radius 2 is 2.27 bits per heavy atom. The summed E-state index contributed by atoms with van der Waals surface area (Å²) in [7, 11) is 0. The minimum Gasteiger partial charge on any atom is -0.489 e. The monoisotopic (exact) mass is 206 g/mol. The Morgan fingerprint density at radius 3 is 2.87 bits per heavy atom. The van der Waals surface area contributed by atoms with Crippen molar-refractivity contribution in [2.45, 2.75) is 26.4 Å². The molecule has 15 heavy (non-hydrogen) atoms. The van der Waals surface area contributed by atoms with Gasteiger partial charge in [-0.25, -0.2) is 0 Å². The molecule has 0 amide bonds. The summed E-state index contributed by atoms with van der Waals surface area (Å²) in [5, 5.41) is 9.26. The second-order valence-corrected chi connectivity index (χ2v) is 3.95. The van der Waals surface area contributed by atoms with Crippen molar-refractivity contribution in [3.05, 3.63) is 42.0 Å². The van der Waals surface area contributed by atoms with E-state index in [9.17, 15) is 5.11 Å². The van der Waals surface area contributed by atoms with Crippen LogP contribution in [0.2, 0.25) is 0 Å². The number of ether oxygens (including phenoxy) is 1. The molecule has 0 spiro atoms. The summed E-state index contributed by atoms with van der Waals surface area (Å²) in [6.45, 7) is 8.03. The highest BCUT2D eigenvalue weighted by molar-refractivity contribution is 5.29. The molecule has 0 aromatic heterocycles. The molecule has 2 nitrogen and oxygen atoms in total. The summed E-state index contributed by atoms with van der Waals surface area (Å²) in [6, 6.07) is 7.79. The van der Waals surface area contributed by atoms with Crippen molar-refractivity contribution in [2.24, 2.45) is 0 Å². The molecule has 1 atom stereocenters. The topological polar surface area (TPSA) is 29.5 Å². The Kier molecular flexibility index (Phi) is 4.37. The van der Waals surface area contributed by atoms with Crippen molar-refractivity contribution in [3.63, 3.8) is 0 Å². The number of aliphatic hydroxyl groups excluding tert-OH is 1. The maximum atomic E-state index is 9.26. The highest BCUT2D eigenvalue weighted by atomic mass is 16.5. The summed E-state index contributed by atoms with van der Waals surface area (Å²) >= 11 is 0. The van der Waals surface area contributed by atoms with E-state index < -0.39 is 0 Å². The van der Waals surface area contributed by atoms with Crippen molar-refractivity contribution in [1.29, 1.82) is 0 Å². The fourth-order valence-electron chi connectivity index (χ4n) is 1.31. The Hall–Kier alpha value is -1.28. The first kappa shape index (κ1) is 11.8. The molecule has 0 aliphatic heterocycles. The third-order valence-corrected chi connectivity index (χ3v) is 1.91. The van der Waals surface area contributed by atoms with Gasteiger partial charge in [0.2, 0.25) is 0 Å². The van der Waals surface area contributed by atoms with E-state index in [2.05, 4.69) is 6.58 Å². The average Bonchev–Trinajstić information content (AvgIpc) is 2.14. The van der Waals surface area contributed by atoms with Crippen LogP contribution in [0.4, 0.5) is 0 Å². The molecular weight excluding hydrogens is 188 g/mol. The van der Waals surface area contributed by atoms with Gasteiger partial charge in [0.1, 0.15) is 12.4 Å². The van der Waals surface area contributed by atoms with Gasteiger partial charge >= 0.3 is 0 Å². The van der Waals surface area contributed by atoms with Crippen LogP contribution < -0.4 is 4.74 Å². The molecule has 0 heterocycles. The van der Waals surface area contributed by atoms with Crippen molar-refractivity contribution >= 4 is 0 Å². The molecule has 0 radical (unpaired) electrons. The zero-order valence-electron chi connectivity index (χ0n) is 9.36. The molecule has 0 fully saturated rings. The molecule has 0 aliphatic rings. The van der Waals surface area contributed by atoms with E-state index >= 15 is 0 Å². The summed E-state index contributed by atoms with van der Waals surface area (Å²) in [5.74, 6) is 0.830. The van der Waals surface area contributed by atoms with Crippen molar-refractivity contribution in [2.75, 3.05) is 6.61 Å². The lowest BCUT2D eigenvalue weighted by atomic mass is 10.1. The lowest BCUT2D eigenvalue weighted by Gasteiger charge is -2.08. The zero-order valence-corrected chi connectivity index (χ0v) is 9.36. The normalized spacial score (nSPS) is 12.2. The highest BCUT2D eigenvalue weighted by Gasteiger charge is 2.00. The van der Waals surface area contributed by atoms with Crippen LogP contribution in [-0.4, -0.2) is 17.8 Å². The van der Waals surface area contributed by atoms with E-state index in [1.807, 2.05) is 31.2 Å². The molecule has 0 aliphatic carbocycles. The molecule has 1 N–H and O–H groups in total. The van der Waals surface area contributed by atoms with Gasteiger partial charge in [-0.15, -0.1) is 0 Å². The summed E-state index contributed by atoms with van der Waals surface area (Å²) in [4.78, 5) is 0. The van der Waals surface area contributed by atoms with Gasteiger partial charge in [-0.1, -0.05) is 18.7 Å². The van der Waals surface area contributed by atoms with Gasteiger partial charge in [0.15, 0.2) is 0 Å². The number of hydrogen-bond donors (Lipinski definition) is 1. The molecule has 1 aromatic rings. The van der Waals surface area contributed by atoms with Gasteiger partial charge in [0.25, 0.3) is 0 Å². The molecule has 82 valence electrons. The largest absolute Gasteiger partial charge is 0.489 e. The first-order chi connectivity index (χ1) is 7.08. The van der Waals surface area contributed by atoms with E-state index in [1.165, 1.54) is 0 Å². The zero-order chi connectivity index (χ0) is 11.3. The summed E-state index contributed by atoms with van der Waals surface area (Å²) in [5.41, 5.74) is 2.08. The number of rotatable bonds is 5. The third kappa shape index (κ3) is 4.66. The van der Waals surface area contributed by atoms with E-state index in [0.717, 1.165) is 16.9 Å². The van der Waals surface area contributed by atoms with Crippen LogP contribution in [0, 0.1) is 0 Å². The molecule has 0 saturated heterocycles. The maximum Gasteiger partial charge on any atom is 0.120 e. The van der Waals surface area contributed by atoms with Crippen LogP contribution in [0.15, 0.2) is 36.4 Å². The van der Waals surface area contributed by atoms with Crippen LogP contribution >= 0.6 is 0 Å². The van der Waals surface area contributed by atoms with Crippen molar-refractivity contribution in [3.8, 4) is 5.75 Å². The minimum atomic E-state index is -0.318. The van der Waals surface area contributed by atoms with E-state index in [0.29, 0.717) is 13.0 Å². The maximum absolute atomic E-state index is 9.26. The van der Waals surface area contributed by atoms with Crippen LogP contribution in [0.25, 0.3) is 0 Å². The SMILES string of the molecule is C=C(C)COc1cccc(CC(C)O)c1. The predicted octanol–water partition coefficient (Wildman–Crippen LogP) is 2.56. The second kappa shape index (κ2) is 5.56. The Morgan fingerprint density at radius 1 is 1.53 bits per heavy atom. The van der Waals surface area contributed by atoms with E-state index in [1.54, 1.807) is 6.92 Å². The molecule has 0 bridgehead atoms. The van der Waals surface area contributed by atoms with Gasteiger partial charge in [0, 0.05) is 0 Å². The molecule has 1 unspecified atom stereocenters. The standard InChI is InChI=1S/C13H18O2/c1-10(2)9-15-13-6-4-5-12(8-13)7-11(3)14/h4-6,8,11,14H,1,7,9H2,2-3H3. The minimum absolute atomic E-state index is 0.318. The highest BCUT2D eigenvalue weighted by Crippen LogP contribution is 2.15. The van der Waals surface area contributed by atoms with E-state index in [4.69, 9.17) is 4.74 Å². The first-order valence-corrected chi connectivity index (χ1v) is 5.12. The third-order valence-electron chi connectivity index (χ3n) is 1.91. The van der Waals surface area contributed by atoms with Crippen LogP contribution in [-0.2, 0) is 6.42 Å². The van der Waals surface area contributed by atoms with Crippen LogP contribution in [0.1, 0.15) is 19.4 Å². The van der Waals surface area contributed by atoms with Gasteiger partial charge < -0.3 is 9.84 Å². The summed E-state index contributed by atoms with van der Waals surface area (Å²) in [6.07, 6.45) is 0.339. The van der Waals surface area contributed by atoms with E-state index in [-0.39, 0.29) is 6.10 Å². The average molecular weight is 206 g/mol. The fourth-order valence-corrected chi connectivity index (χ4v) is 1.31. The smallest absolute Gasteiger partial charge is 0.120 e. The molecule has 1 rings (SSSR count). The second-order valence-electron chi connectivity index (χ2n) is 3.95. The Balaban J connectivity index is 2.61. The van der Waals surface area contributed by atoms with Gasteiger partial charge in [-0.3, -0.25) is 0 Å². The van der Waals surface area contributed by atoms with Crippen LogP contribution in [0.5, 0.6) is 5.75 Å². The van der Waals surface area contributed by atoms with Crippen LogP contribution in [0.3, 0.4) is 0 Å². The molecule has 2 heteroatoms. The Labute approximate surface area is 91.2 Å². The van der Waals surface area contributed by atoms with Crippen molar-refractivity contribution < 1.29 is 9.84 Å². The van der Waals surface area contributed by atoms with Gasteiger partial charge in [-0.2, -0.15) is 0 Å². The van der Waals surface area contributed by atoms with Gasteiger partial charge in [-0.05, 0) is 43.5 Å². The van der Waals surface area contributed by atoms with Crippen molar-refractivity contribution in [1.82, 2.24) is 0 Å². The quantitative estimate of drug-likeness (QED) is 0.750.